The molecule has 2 aromatic carbocycles. The minimum Gasteiger partial charge on any atom is -0.497 e. The first kappa shape index (κ1) is 21.2. The average Bonchev–Trinajstić information content (AvgIpc) is 2.78. The molecule has 0 saturated heterocycles. The molecule has 7 heteroatoms. The highest BCUT2D eigenvalue weighted by Crippen LogP contribution is 2.24. The van der Waals surface area contributed by atoms with E-state index in [1.54, 1.807) is 25.8 Å². The van der Waals surface area contributed by atoms with Crippen LogP contribution < -0.4 is 25.1 Å². The summed E-state index contributed by atoms with van der Waals surface area (Å²) >= 11 is 0. The van der Waals surface area contributed by atoms with Crippen molar-refractivity contribution in [2.75, 3.05) is 20.8 Å². The third-order valence-corrected chi connectivity index (χ3v) is 4.89. The van der Waals surface area contributed by atoms with Gasteiger partial charge in [0.25, 0.3) is 5.56 Å². The standard InChI is InChI=1S/C23H26N2O5/c1-25-19-8-5-4-7-18(19)21(14-23(25)27)30-12-6-9-22(26)24-15-16-13-17(28-2)10-11-20(16)29-3/h4-5,7-8,10-11,13-14H,6,9,12,15H2,1-3H3,(H,24,26). The minimum atomic E-state index is -0.131. The Morgan fingerprint density at radius 3 is 2.60 bits per heavy atom. The smallest absolute Gasteiger partial charge is 0.254 e. The lowest BCUT2D eigenvalue weighted by Gasteiger charge is -2.12. The van der Waals surface area contributed by atoms with Gasteiger partial charge in [-0.2, -0.15) is 0 Å². The summed E-state index contributed by atoms with van der Waals surface area (Å²) in [5, 5.41) is 3.76. The second kappa shape index (κ2) is 9.82. The molecule has 0 aliphatic heterocycles. The molecule has 30 heavy (non-hydrogen) atoms. The van der Waals surface area contributed by atoms with Gasteiger partial charge < -0.3 is 24.1 Å². The third kappa shape index (κ3) is 4.92. The van der Waals surface area contributed by atoms with Crippen LogP contribution in [0, 0.1) is 0 Å². The van der Waals surface area contributed by atoms with Gasteiger partial charge in [-0.1, -0.05) is 12.1 Å². The number of ether oxygens (including phenoxy) is 3. The van der Waals surface area contributed by atoms with Gasteiger partial charge in [0.05, 0.1) is 26.3 Å². The molecule has 0 fully saturated rings. The summed E-state index contributed by atoms with van der Waals surface area (Å²) in [4.78, 5) is 24.3. The van der Waals surface area contributed by atoms with Crippen LogP contribution in [0.4, 0.5) is 0 Å². The van der Waals surface area contributed by atoms with Crippen molar-refractivity contribution in [1.82, 2.24) is 9.88 Å². The van der Waals surface area contributed by atoms with E-state index < -0.39 is 0 Å². The van der Waals surface area contributed by atoms with Gasteiger partial charge in [0.2, 0.25) is 5.91 Å². The molecule has 0 atom stereocenters. The Bertz CT molecular complexity index is 1090. The van der Waals surface area contributed by atoms with Crippen LogP contribution in [-0.4, -0.2) is 31.3 Å². The molecule has 1 N–H and O–H groups in total. The van der Waals surface area contributed by atoms with E-state index in [2.05, 4.69) is 5.32 Å². The van der Waals surface area contributed by atoms with E-state index in [-0.39, 0.29) is 11.5 Å². The second-order valence-electron chi connectivity index (χ2n) is 6.83. The molecule has 0 radical (unpaired) electrons. The first-order valence-corrected chi connectivity index (χ1v) is 9.72. The lowest BCUT2D eigenvalue weighted by Crippen LogP contribution is -2.23. The van der Waals surface area contributed by atoms with E-state index in [9.17, 15) is 9.59 Å². The number of aromatic nitrogens is 1. The number of hydrogen-bond acceptors (Lipinski definition) is 5. The minimum absolute atomic E-state index is 0.0858. The monoisotopic (exact) mass is 410 g/mol. The maximum Gasteiger partial charge on any atom is 0.254 e. The molecular formula is C23H26N2O5. The lowest BCUT2D eigenvalue weighted by atomic mass is 10.2. The Balaban J connectivity index is 1.52. The molecule has 1 heterocycles. The van der Waals surface area contributed by atoms with Gasteiger partial charge in [0.15, 0.2) is 0 Å². The first-order valence-electron chi connectivity index (χ1n) is 9.72. The zero-order valence-electron chi connectivity index (χ0n) is 17.4. The number of benzene rings is 2. The Morgan fingerprint density at radius 1 is 1.03 bits per heavy atom. The van der Waals surface area contributed by atoms with Crippen molar-refractivity contribution in [1.29, 1.82) is 0 Å². The van der Waals surface area contributed by atoms with Gasteiger partial charge in [0, 0.05) is 37.0 Å². The normalized spacial score (nSPS) is 10.6. The number of amides is 1. The summed E-state index contributed by atoms with van der Waals surface area (Å²) in [6.07, 6.45) is 0.847. The molecule has 3 aromatic rings. The Morgan fingerprint density at radius 2 is 1.83 bits per heavy atom. The number of aryl methyl sites for hydroxylation is 1. The summed E-state index contributed by atoms with van der Waals surface area (Å²) in [6, 6.07) is 14.5. The van der Waals surface area contributed by atoms with Gasteiger partial charge in [-0.15, -0.1) is 0 Å². The predicted octanol–water partition coefficient (Wildman–Crippen LogP) is 3.03. The molecule has 0 saturated carbocycles. The SMILES string of the molecule is COc1ccc(OC)c(CNC(=O)CCCOc2cc(=O)n(C)c3ccccc23)c1. The van der Waals surface area contributed by atoms with Crippen molar-refractivity contribution in [3.8, 4) is 17.2 Å². The molecule has 0 aliphatic rings. The number of methoxy groups -OCH3 is 2. The number of hydrogen-bond donors (Lipinski definition) is 1. The molecule has 0 unspecified atom stereocenters. The number of rotatable bonds is 9. The number of nitrogens with one attached hydrogen (secondary N) is 1. The van der Waals surface area contributed by atoms with E-state index in [0.717, 1.165) is 16.5 Å². The number of para-hydroxylation sites is 1. The molecule has 0 bridgehead atoms. The summed E-state index contributed by atoms with van der Waals surface area (Å²) in [5.74, 6) is 1.85. The van der Waals surface area contributed by atoms with E-state index in [4.69, 9.17) is 14.2 Å². The molecule has 1 amide bonds. The topological polar surface area (TPSA) is 78.8 Å². The number of nitrogens with zero attached hydrogens (tertiary/aromatic N) is 1. The second-order valence-corrected chi connectivity index (χ2v) is 6.83. The molecule has 0 spiro atoms. The van der Waals surface area contributed by atoms with Crippen LogP contribution >= 0.6 is 0 Å². The van der Waals surface area contributed by atoms with Crippen LogP contribution in [0.25, 0.3) is 10.9 Å². The third-order valence-electron chi connectivity index (χ3n) is 4.89. The van der Waals surface area contributed by atoms with E-state index in [1.165, 1.54) is 6.07 Å². The van der Waals surface area contributed by atoms with Crippen molar-refractivity contribution in [3.05, 3.63) is 64.4 Å². The maximum absolute atomic E-state index is 12.2. The molecule has 7 nitrogen and oxygen atoms in total. The fourth-order valence-corrected chi connectivity index (χ4v) is 3.22. The highest BCUT2D eigenvalue weighted by atomic mass is 16.5. The van der Waals surface area contributed by atoms with E-state index in [1.807, 2.05) is 42.5 Å². The molecule has 0 aliphatic carbocycles. The maximum atomic E-state index is 12.2. The van der Waals surface area contributed by atoms with Crippen molar-refractivity contribution in [2.24, 2.45) is 7.05 Å². The van der Waals surface area contributed by atoms with Crippen LogP contribution in [0.2, 0.25) is 0 Å². The molecule has 158 valence electrons. The summed E-state index contributed by atoms with van der Waals surface area (Å²) < 4.78 is 17.9. The summed E-state index contributed by atoms with van der Waals surface area (Å²) in [5.41, 5.74) is 1.52. The van der Waals surface area contributed by atoms with Crippen molar-refractivity contribution in [2.45, 2.75) is 19.4 Å². The van der Waals surface area contributed by atoms with Crippen molar-refractivity contribution in [3.63, 3.8) is 0 Å². The van der Waals surface area contributed by atoms with Crippen molar-refractivity contribution < 1.29 is 19.0 Å². The van der Waals surface area contributed by atoms with Gasteiger partial charge >= 0.3 is 0 Å². The van der Waals surface area contributed by atoms with Crippen LogP contribution in [0.15, 0.2) is 53.3 Å². The first-order chi connectivity index (χ1) is 14.5. The Hall–Kier alpha value is -3.48. The highest BCUT2D eigenvalue weighted by Gasteiger charge is 2.09. The zero-order chi connectivity index (χ0) is 21.5. The molecule has 1 aromatic heterocycles. The zero-order valence-corrected chi connectivity index (χ0v) is 17.4. The number of fused-ring (bicyclic) bond motifs is 1. The van der Waals surface area contributed by atoms with Crippen LogP contribution in [0.5, 0.6) is 17.2 Å². The number of carbonyl (C=O) groups excluding carboxylic acids is 1. The van der Waals surface area contributed by atoms with E-state index in [0.29, 0.717) is 43.2 Å². The average molecular weight is 410 g/mol. The highest BCUT2D eigenvalue weighted by molar-refractivity contribution is 5.85. The van der Waals surface area contributed by atoms with Crippen LogP contribution in [0.3, 0.4) is 0 Å². The largest absolute Gasteiger partial charge is 0.497 e. The number of pyridine rings is 1. The fourth-order valence-electron chi connectivity index (χ4n) is 3.22. The Kier molecular flexibility index (Phi) is 6.95. The fraction of sp³-hybridized carbons (Fsp3) is 0.304. The van der Waals surface area contributed by atoms with Gasteiger partial charge in [-0.05, 0) is 36.8 Å². The van der Waals surface area contributed by atoms with Gasteiger partial charge in [-0.25, -0.2) is 0 Å². The Labute approximate surface area is 175 Å². The van der Waals surface area contributed by atoms with Crippen LogP contribution in [0.1, 0.15) is 18.4 Å². The van der Waals surface area contributed by atoms with Gasteiger partial charge in [0.1, 0.15) is 17.2 Å². The predicted molar refractivity (Wildman–Crippen MR) is 115 cm³/mol. The van der Waals surface area contributed by atoms with E-state index >= 15 is 0 Å². The number of carbonyl (C=O) groups is 1. The van der Waals surface area contributed by atoms with Crippen molar-refractivity contribution >= 4 is 16.8 Å². The summed E-state index contributed by atoms with van der Waals surface area (Å²) in [6.45, 7) is 0.687. The van der Waals surface area contributed by atoms with Gasteiger partial charge in [-0.3, -0.25) is 9.59 Å². The van der Waals surface area contributed by atoms with Crippen LogP contribution in [-0.2, 0) is 18.4 Å². The lowest BCUT2D eigenvalue weighted by molar-refractivity contribution is -0.121. The molecular weight excluding hydrogens is 384 g/mol. The molecule has 3 rings (SSSR count). The summed E-state index contributed by atoms with van der Waals surface area (Å²) in [7, 11) is 4.91. The quantitative estimate of drug-likeness (QED) is 0.549.